The first kappa shape index (κ1) is 16.3. The van der Waals surface area contributed by atoms with E-state index in [2.05, 4.69) is 63.4 Å². The molecular formula is C16H28N2S2. The van der Waals surface area contributed by atoms with Crippen LogP contribution in [0, 0.1) is 0 Å². The Balaban J connectivity index is 2.21. The molecule has 2 N–H and O–H groups in total. The van der Waals surface area contributed by atoms with Crippen LogP contribution in [0.4, 0.5) is 0 Å². The summed E-state index contributed by atoms with van der Waals surface area (Å²) in [7, 11) is 0. The lowest BCUT2D eigenvalue weighted by Crippen LogP contribution is -2.48. The summed E-state index contributed by atoms with van der Waals surface area (Å²) in [6.07, 6.45) is 0. The Morgan fingerprint density at radius 3 is 2.60 bits per heavy atom. The Kier molecular flexibility index (Phi) is 5.22. The third-order valence-corrected chi connectivity index (χ3v) is 7.20. The van der Waals surface area contributed by atoms with Crippen molar-refractivity contribution in [1.82, 2.24) is 4.90 Å². The average molecular weight is 313 g/mol. The van der Waals surface area contributed by atoms with Gasteiger partial charge in [0.05, 0.1) is 6.04 Å². The third kappa shape index (κ3) is 3.41. The van der Waals surface area contributed by atoms with Crippen molar-refractivity contribution >= 4 is 23.1 Å². The highest BCUT2D eigenvalue weighted by Crippen LogP contribution is 2.37. The van der Waals surface area contributed by atoms with Gasteiger partial charge in [-0.05, 0) is 24.5 Å². The van der Waals surface area contributed by atoms with Gasteiger partial charge >= 0.3 is 0 Å². The molecule has 0 saturated carbocycles. The zero-order chi connectivity index (χ0) is 14.9. The van der Waals surface area contributed by atoms with Crippen molar-refractivity contribution in [2.75, 3.05) is 18.8 Å². The molecule has 1 aromatic heterocycles. The summed E-state index contributed by atoms with van der Waals surface area (Å²) in [4.78, 5) is 5.50. The number of nitrogens with zero attached hydrogens (tertiary/aromatic N) is 1. The predicted octanol–water partition coefficient (Wildman–Crippen LogP) is 3.87. The normalized spacial score (nSPS) is 26.7. The lowest BCUT2D eigenvalue weighted by molar-refractivity contribution is 0.153. The summed E-state index contributed by atoms with van der Waals surface area (Å²) in [6, 6.07) is 5.56. The Bertz CT molecular complexity index is 436. The quantitative estimate of drug-likeness (QED) is 0.918. The van der Waals surface area contributed by atoms with Gasteiger partial charge in [0.1, 0.15) is 0 Å². The van der Waals surface area contributed by atoms with E-state index in [-0.39, 0.29) is 5.41 Å². The minimum atomic E-state index is 0.235. The van der Waals surface area contributed by atoms with Crippen LogP contribution in [0.2, 0.25) is 0 Å². The molecule has 0 amide bonds. The Morgan fingerprint density at radius 1 is 1.35 bits per heavy atom. The molecule has 114 valence electrons. The molecule has 0 bridgehead atoms. The van der Waals surface area contributed by atoms with Gasteiger partial charge < -0.3 is 5.73 Å². The van der Waals surface area contributed by atoms with Crippen LogP contribution in [0.5, 0.6) is 0 Å². The van der Waals surface area contributed by atoms with E-state index in [0.717, 1.165) is 6.54 Å². The van der Waals surface area contributed by atoms with Gasteiger partial charge in [0.25, 0.3) is 0 Å². The van der Waals surface area contributed by atoms with Crippen molar-refractivity contribution < 1.29 is 0 Å². The van der Waals surface area contributed by atoms with Gasteiger partial charge in [-0.3, -0.25) is 4.90 Å². The first-order chi connectivity index (χ1) is 9.34. The van der Waals surface area contributed by atoms with E-state index in [1.807, 2.05) is 11.3 Å². The van der Waals surface area contributed by atoms with Crippen LogP contribution in [0.25, 0.3) is 0 Å². The molecule has 1 saturated heterocycles. The molecule has 0 aromatic carbocycles. The van der Waals surface area contributed by atoms with Gasteiger partial charge in [0.2, 0.25) is 0 Å². The minimum absolute atomic E-state index is 0.235. The smallest absolute Gasteiger partial charge is 0.0567 e. The molecule has 3 atom stereocenters. The fourth-order valence-corrected chi connectivity index (χ4v) is 5.07. The molecule has 1 aliphatic heterocycles. The highest BCUT2D eigenvalue weighted by Gasteiger charge is 2.32. The van der Waals surface area contributed by atoms with Gasteiger partial charge in [-0.2, -0.15) is 11.8 Å². The van der Waals surface area contributed by atoms with Gasteiger partial charge in [0, 0.05) is 39.9 Å². The van der Waals surface area contributed by atoms with Crippen LogP contribution in [-0.2, 0) is 5.41 Å². The zero-order valence-electron chi connectivity index (χ0n) is 13.3. The van der Waals surface area contributed by atoms with E-state index in [4.69, 9.17) is 5.73 Å². The van der Waals surface area contributed by atoms with Crippen molar-refractivity contribution in [2.45, 2.75) is 57.4 Å². The van der Waals surface area contributed by atoms with Crippen LogP contribution in [0.15, 0.2) is 12.1 Å². The fourth-order valence-electron chi connectivity index (χ4n) is 2.75. The second kappa shape index (κ2) is 6.39. The summed E-state index contributed by atoms with van der Waals surface area (Å²) in [5, 5.41) is 0.694. The summed E-state index contributed by atoms with van der Waals surface area (Å²) >= 11 is 4.02. The van der Waals surface area contributed by atoms with Crippen molar-refractivity contribution in [3.05, 3.63) is 21.9 Å². The van der Waals surface area contributed by atoms with Crippen molar-refractivity contribution in [2.24, 2.45) is 5.73 Å². The molecule has 1 aromatic rings. The molecule has 20 heavy (non-hydrogen) atoms. The number of nitrogens with two attached hydrogens (primary N) is 1. The molecule has 2 rings (SSSR count). The second-order valence-electron chi connectivity index (χ2n) is 6.76. The number of hydrogen-bond donors (Lipinski definition) is 1. The van der Waals surface area contributed by atoms with Crippen LogP contribution >= 0.6 is 23.1 Å². The van der Waals surface area contributed by atoms with Crippen molar-refractivity contribution in [1.29, 1.82) is 0 Å². The average Bonchev–Trinajstić information content (AvgIpc) is 2.85. The standard InChI is InChI=1S/C16H28N2S2/c1-11-12(2)19-9-8-18(11)13(10-17)14-6-7-15(20-14)16(3,4)5/h6-7,11-13H,8-10,17H2,1-5H3. The Hall–Kier alpha value is -0.0300. The SMILES string of the molecule is CC1SCCN(C(CN)c2ccc(C(C)(C)C)s2)C1C. The van der Waals surface area contributed by atoms with Gasteiger partial charge in [0.15, 0.2) is 0 Å². The minimum Gasteiger partial charge on any atom is -0.329 e. The monoisotopic (exact) mass is 312 g/mol. The largest absolute Gasteiger partial charge is 0.329 e. The van der Waals surface area contributed by atoms with E-state index < -0.39 is 0 Å². The predicted molar refractivity (Wildman–Crippen MR) is 92.9 cm³/mol. The zero-order valence-corrected chi connectivity index (χ0v) is 15.0. The van der Waals surface area contributed by atoms with Crippen LogP contribution in [0.1, 0.15) is 50.4 Å². The molecule has 0 aliphatic carbocycles. The van der Waals surface area contributed by atoms with Crippen LogP contribution in [-0.4, -0.2) is 35.0 Å². The maximum absolute atomic E-state index is 6.12. The molecule has 1 aliphatic rings. The van der Waals surface area contributed by atoms with Gasteiger partial charge in [-0.15, -0.1) is 11.3 Å². The number of rotatable bonds is 3. The molecule has 2 nitrogen and oxygen atoms in total. The number of hydrogen-bond acceptors (Lipinski definition) is 4. The lowest BCUT2D eigenvalue weighted by Gasteiger charge is -2.42. The first-order valence-electron chi connectivity index (χ1n) is 7.52. The fraction of sp³-hybridized carbons (Fsp3) is 0.750. The van der Waals surface area contributed by atoms with Crippen molar-refractivity contribution in [3.63, 3.8) is 0 Å². The van der Waals surface area contributed by atoms with Crippen LogP contribution < -0.4 is 5.73 Å². The van der Waals surface area contributed by atoms with E-state index in [9.17, 15) is 0 Å². The molecular weight excluding hydrogens is 284 g/mol. The summed E-state index contributed by atoms with van der Waals surface area (Å²) in [5.41, 5.74) is 6.35. The van der Waals surface area contributed by atoms with E-state index in [1.54, 1.807) is 0 Å². The van der Waals surface area contributed by atoms with E-state index in [0.29, 0.717) is 23.9 Å². The number of thioether (sulfide) groups is 1. The summed E-state index contributed by atoms with van der Waals surface area (Å²) in [6.45, 7) is 13.4. The Morgan fingerprint density at radius 2 is 2.05 bits per heavy atom. The van der Waals surface area contributed by atoms with Gasteiger partial charge in [-0.1, -0.05) is 27.7 Å². The molecule has 3 unspecified atom stereocenters. The maximum Gasteiger partial charge on any atom is 0.0567 e. The van der Waals surface area contributed by atoms with E-state index in [1.165, 1.54) is 15.5 Å². The molecule has 1 fully saturated rings. The first-order valence-corrected chi connectivity index (χ1v) is 9.38. The van der Waals surface area contributed by atoms with E-state index >= 15 is 0 Å². The Labute approximate surface area is 132 Å². The topological polar surface area (TPSA) is 29.3 Å². The maximum atomic E-state index is 6.12. The molecule has 2 heterocycles. The highest BCUT2D eigenvalue weighted by molar-refractivity contribution is 8.00. The lowest BCUT2D eigenvalue weighted by atomic mass is 9.95. The van der Waals surface area contributed by atoms with Gasteiger partial charge in [-0.25, -0.2) is 0 Å². The second-order valence-corrected chi connectivity index (χ2v) is 9.36. The number of thiophene rings is 1. The summed E-state index contributed by atoms with van der Waals surface area (Å²) < 4.78 is 0. The molecule has 0 radical (unpaired) electrons. The van der Waals surface area contributed by atoms with Crippen molar-refractivity contribution in [3.8, 4) is 0 Å². The summed E-state index contributed by atoms with van der Waals surface area (Å²) in [5.74, 6) is 1.22. The third-order valence-electron chi connectivity index (χ3n) is 4.25. The molecule has 4 heteroatoms. The van der Waals surface area contributed by atoms with Crippen LogP contribution in [0.3, 0.4) is 0 Å². The molecule has 0 spiro atoms. The highest BCUT2D eigenvalue weighted by atomic mass is 32.2.